The summed E-state index contributed by atoms with van der Waals surface area (Å²) in [5, 5.41) is 10.7. The number of pyridine rings is 1. The van der Waals surface area contributed by atoms with E-state index in [1.807, 2.05) is 66.7 Å². The van der Waals surface area contributed by atoms with Crippen molar-refractivity contribution in [2.24, 2.45) is 0 Å². The molecule has 0 amide bonds. The van der Waals surface area contributed by atoms with E-state index >= 15 is 0 Å². The molecule has 0 aliphatic rings. The first-order valence-corrected chi connectivity index (χ1v) is 21.5. The van der Waals surface area contributed by atoms with Gasteiger partial charge in [-0.25, -0.2) is 14.4 Å². The average Bonchev–Trinajstić information content (AvgIpc) is 3.85. The molecule has 66 heavy (non-hydrogen) atoms. The Morgan fingerprint density at radius 1 is 0.742 bits per heavy atom. The Morgan fingerprint density at radius 3 is 2.08 bits per heavy atom. The Hall–Kier alpha value is -6.94. The standard InChI is InChI=1S/C39H30FN4O.C16H15FNO2.Ir/c1-22(2)27-12-8-13-28(23(3)4)35(27)44-38(43-37-39(44)42-33-17-6-5-16-32(33)41-37)31-15-9-14-30-29-19-18-25(21-34(29)45-36(30)31)24-10-7-11-26(40)20-24;1-16(2,3)11-5-7-14(18-9-11)12-6-4-10(15(19)20)8-13(12)17;/h5-14,16-23H,1-4H3;4-5,7-9H,1-3H3,(H,19,20);/q2*-1;. The second kappa shape index (κ2) is 18.1. The number of fused-ring (bicyclic) bond motifs is 5. The number of furan rings is 1. The number of benzene rings is 6. The molecule has 0 fully saturated rings. The molecule has 10 rings (SSSR count). The summed E-state index contributed by atoms with van der Waals surface area (Å²) in [6.45, 7) is 15.1. The van der Waals surface area contributed by atoms with Gasteiger partial charge in [0.25, 0.3) is 5.97 Å². The number of carboxylic acids is 1. The number of carboxylic acid groups (broad SMARTS) is 1. The number of hydrogen-bond acceptors (Lipinski definition) is 6. The molecule has 0 bridgehead atoms. The number of nitrogens with zero attached hydrogens (tertiary/aromatic N) is 5. The predicted octanol–water partition coefficient (Wildman–Crippen LogP) is 14.1. The number of imidazole rings is 1. The van der Waals surface area contributed by atoms with Crippen LogP contribution in [-0.4, -0.2) is 35.6 Å². The second-order valence-corrected chi connectivity index (χ2v) is 17.7. The minimum Gasteiger partial charge on any atom is -0.501 e. The summed E-state index contributed by atoms with van der Waals surface area (Å²) in [6, 6.07) is 42.9. The minimum atomic E-state index is -1.18. The number of aromatic carboxylic acids is 1. The molecule has 11 heteroatoms. The molecule has 1 radical (unpaired) electrons. The Balaban J connectivity index is 0.000000238. The van der Waals surface area contributed by atoms with E-state index in [-0.39, 0.29) is 54.3 Å². The molecular formula is C55H45F2IrN5O3-2. The van der Waals surface area contributed by atoms with Crippen LogP contribution < -0.4 is 0 Å². The van der Waals surface area contributed by atoms with Crippen molar-refractivity contribution in [1.29, 1.82) is 0 Å². The topological polar surface area (TPSA) is 107 Å². The number of rotatable bonds is 7. The summed E-state index contributed by atoms with van der Waals surface area (Å²) >= 11 is 0. The third-order valence-corrected chi connectivity index (χ3v) is 11.6. The monoisotopic (exact) mass is 1050 g/mol. The molecular weight excluding hydrogens is 1010 g/mol. The largest absolute Gasteiger partial charge is 0.501 e. The molecule has 333 valence electrons. The fraction of sp³-hybridized carbons (Fsp3) is 0.182. The van der Waals surface area contributed by atoms with Crippen molar-refractivity contribution in [2.75, 3.05) is 0 Å². The number of halogens is 2. The Labute approximate surface area is 394 Å². The van der Waals surface area contributed by atoms with Crippen LogP contribution in [0.5, 0.6) is 0 Å². The molecule has 4 heterocycles. The summed E-state index contributed by atoms with van der Waals surface area (Å²) in [5.41, 5.74) is 11.6. The van der Waals surface area contributed by atoms with Crippen molar-refractivity contribution in [2.45, 2.75) is 65.7 Å². The van der Waals surface area contributed by atoms with Crippen LogP contribution >= 0.6 is 0 Å². The van der Waals surface area contributed by atoms with E-state index in [9.17, 15) is 13.6 Å². The van der Waals surface area contributed by atoms with E-state index in [2.05, 4.69) is 88.3 Å². The third kappa shape index (κ3) is 8.64. The zero-order valence-electron chi connectivity index (χ0n) is 37.4. The van der Waals surface area contributed by atoms with Gasteiger partial charge in [-0.15, -0.1) is 30.3 Å². The van der Waals surface area contributed by atoms with Crippen molar-refractivity contribution in [3.63, 3.8) is 0 Å². The summed E-state index contributed by atoms with van der Waals surface area (Å²) in [4.78, 5) is 30.3. The Morgan fingerprint density at radius 2 is 1.44 bits per heavy atom. The van der Waals surface area contributed by atoms with E-state index in [1.165, 1.54) is 29.3 Å². The fourth-order valence-corrected chi connectivity index (χ4v) is 8.14. The normalized spacial score (nSPS) is 11.7. The zero-order valence-corrected chi connectivity index (χ0v) is 39.8. The SMILES string of the molecule is CC(C)(C)c1ccc(-c2[c-]cc(C(=O)O)cc2F)nc1.CC(C)c1cccc(C(C)C)c1-n1c(-c2[c-]ccc3c2oc2cc(-c4cccc(F)c4)ccc23)nc2nc3ccccc3nc21.[Ir]. The van der Waals surface area contributed by atoms with Crippen LogP contribution in [0.4, 0.5) is 8.78 Å². The van der Waals surface area contributed by atoms with E-state index in [0.717, 1.165) is 55.8 Å². The quantitative estimate of drug-likeness (QED) is 0.158. The number of carbonyl (C=O) groups is 1. The maximum Gasteiger partial charge on any atom is 0.292 e. The first kappa shape index (κ1) is 45.6. The second-order valence-electron chi connectivity index (χ2n) is 17.7. The van der Waals surface area contributed by atoms with Gasteiger partial charge in [-0.3, -0.25) is 14.2 Å². The molecule has 0 aliphatic carbocycles. The maximum absolute atomic E-state index is 14.0. The van der Waals surface area contributed by atoms with E-state index in [4.69, 9.17) is 24.5 Å². The zero-order chi connectivity index (χ0) is 45.7. The van der Waals surface area contributed by atoms with Gasteiger partial charge in [0.05, 0.1) is 22.4 Å². The molecule has 6 aromatic carbocycles. The van der Waals surface area contributed by atoms with E-state index in [1.54, 1.807) is 18.3 Å². The van der Waals surface area contributed by atoms with E-state index in [0.29, 0.717) is 34.0 Å². The van der Waals surface area contributed by atoms with Gasteiger partial charge in [-0.1, -0.05) is 138 Å². The Bertz CT molecular complexity index is 3420. The minimum absolute atomic E-state index is 0. The van der Waals surface area contributed by atoms with Crippen LogP contribution in [0.2, 0.25) is 0 Å². The molecule has 0 aliphatic heterocycles. The van der Waals surface area contributed by atoms with E-state index < -0.39 is 11.8 Å². The van der Waals surface area contributed by atoms with Gasteiger partial charge in [-0.05, 0) is 86.7 Å². The smallest absolute Gasteiger partial charge is 0.292 e. The molecule has 10 aromatic rings. The average molecular weight is 1050 g/mol. The molecule has 0 atom stereocenters. The summed E-state index contributed by atoms with van der Waals surface area (Å²) < 4.78 is 36.7. The Kier molecular flexibility index (Phi) is 12.5. The predicted molar refractivity (Wildman–Crippen MR) is 253 cm³/mol. The van der Waals surface area contributed by atoms with Crippen molar-refractivity contribution >= 4 is 50.2 Å². The van der Waals surface area contributed by atoms with Gasteiger partial charge in [0.1, 0.15) is 11.4 Å². The fourth-order valence-electron chi connectivity index (χ4n) is 8.14. The van der Waals surface area contributed by atoms with Crippen LogP contribution in [0.25, 0.3) is 83.7 Å². The van der Waals surface area contributed by atoms with Gasteiger partial charge < -0.3 is 19.1 Å². The summed E-state index contributed by atoms with van der Waals surface area (Å²) in [6.07, 6.45) is 1.70. The molecule has 0 unspecified atom stereocenters. The van der Waals surface area contributed by atoms with Crippen molar-refractivity contribution < 1.29 is 43.2 Å². The summed E-state index contributed by atoms with van der Waals surface area (Å²) in [7, 11) is 0. The third-order valence-electron chi connectivity index (χ3n) is 11.6. The molecule has 0 spiro atoms. The van der Waals surface area contributed by atoms with Crippen molar-refractivity contribution in [3.8, 4) is 39.5 Å². The van der Waals surface area contributed by atoms with Gasteiger partial charge in [0.15, 0.2) is 11.3 Å². The summed E-state index contributed by atoms with van der Waals surface area (Å²) in [5.74, 6) is -0.909. The molecule has 0 saturated carbocycles. The van der Waals surface area contributed by atoms with Crippen LogP contribution in [-0.2, 0) is 25.5 Å². The molecule has 1 N–H and O–H groups in total. The van der Waals surface area contributed by atoms with Crippen molar-refractivity contribution in [1.82, 2.24) is 24.5 Å². The first-order chi connectivity index (χ1) is 31.2. The molecule has 8 nitrogen and oxygen atoms in total. The number of aromatic nitrogens is 5. The van der Waals surface area contributed by atoms with Gasteiger partial charge in [-0.2, -0.15) is 0 Å². The molecule has 4 aromatic heterocycles. The van der Waals surface area contributed by atoms with Crippen LogP contribution in [0.3, 0.4) is 0 Å². The van der Waals surface area contributed by atoms with Gasteiger partial charge in [0.2, 0.25) is 0 Å². The van der Waals surface area contributed by atoms with Gasteiger partial charge >= 0.3 is 0 Å². The molecule has 0 saturated heterocycles. The van der Waals surface area contributed by atoms with Gasteiger partial charge in [0, 0.05) is 43.2 Å². The number of hydrogen-bond donors (Lipinski definition) is 1. The van der Waals surface area contributed by atoms with Crippen LogP contribution in [0, 0.1) is 23.8 Å². The van der Waals surface area contributed by atoms with Crippen LogP contribution in [0.1, 0.15) is 87.4 Å². The first-order valence-electron chi connectivity index (χ1n) is 21.5. The van der Waals surface area contributed by atoms with Crippen LogP contribution in [0.15, 0.2) is 132 Å². The number of para-hydroxylation sites is 3. The maximum atomic E-state index is 14.0. The van der Waals surface area contributed by atoms with Crippen molar-refractivity contribution in [3.05, 3.63) is 174 Å².